The summed E-state index contributed by atoms with van der Waals surface area (Å²) >= 11 is 0. The van der Waals surface area contributed by atoms with E-state index in [1.165, 1.54) is 88.3 Å². The molecule has 5 aromatic rings. The zero-order chi connectivity index (χ0) is 38.7. The molecule has 55 heavy (non-hydrogen) atoms. The van der Waals surface area contributed by atoms with E-state index >= 15 is 4.39 Å². The number of rotatable bonds is 6. The minimum atomic E-state index is -1.50. The summed E-state index contributed by atoms with van der Waals surface area (Å²) in [6.07, 6.45) is 1.11. The van der Waals surface area contributed by atoms with E-state index in [4.69, 9.17) is 4.42 Å². The second kappa shape index (κ2) is 13.3. The van der Waals surface area contributed by atoms with Crippen LogP contribution >= 0.6 is 0 Å². The van der Waals surface area contributed by atoms with Crippen molar-refractivity contribution >= 4 is 45.4 Å². The molecule has 0 unspecified atom stereocenters. The number of carbonyl (C=O) groups excluding carboxylic acids is 1. The van der Waals surface area contributed by atoms with E-state index in [1.54, 1.807) is 11.0 Å². The number of pyridine rings is 1. The van der Waals surface area contributed by atoms with Gasteiger partial charge in [0.2, 0.25) is 5.43 Å². The fourth-order valence-electron chi connectivity index (χ4n) is 7.10. The molecule has 0 saturated carbocycles. The number of carboxylic acids is 2. The molecule has 3 N–H and O–H groups in total. The predicted octanol–water partition coefficient (Wildman–Crippen LogP) is 6.21. The van der Waals surface area contributed by atoms with Gasteiger partial charge in [0.25, 0.3) is 5.91 Å². The third-order valence-electron chi connectivity index (χ3n) is 9.76. The number of aromatic hydroxyl groups is 1. The Morgan fingerprint density at radius 1 is 0.709 bits per heavy atom. The van der Waals surface area contributed by atoms with Gasteiger partial charge in [0, 0.05) is 77.7 Å². The first-order valence-electron chi connectivity index (χ1n) is 16.9. The smallest absolute Gasteiger partial charge is 0.341 e. The zero-order valence-electron chi connectivity index (χ0n) is 28.5. The van der Waals surface area contributed by atoms with Crippen molar-refractivity contribution in [1.29, 1.82) is 0 Å². The lowest BCUT2D eigenvalue weighted by Crippen LogP contribution is -2.49. The molecule has 3 heterocycles. The number of aromatic carboxylic acids is 2. The molecule has 1 saturated heterocycles. The summed E-state index contributed by atoms with van der Waals surface area (Å²) in [4.78, 5) is 66.8. The van der Waals surface area contributed by atoms with E-state index in [1.807, 2.05) is 0 Å². The molecular formula is C41H27F2N3O9. The number of phenols is 1. The van der Waals surface area contributed by atoms with Crippen LogP contribution in [0.4, 0.5) is 14.5 Å². The molecule has 0 atom stereocenters. The van der Waals surface area contributed by atoms with Gasteiger partial charge in [0.05, 0.1) is 16.8 Å². The van der Waals surface area contributed by atoms with Crippen LogP contribution in [0.15, 0.2) is 111 Å². The molecule has 8 rings (SSSR count). The van der Waals surface area contributed by atoms with Crippen molar-refractivity contribution in [3.63, 3.8) is 0 Å². The Labute approximate surface area is 308 Å². The van der Waals surface area contributed by atoms with E-state index in [9.17, 15) is 43.7 Å². The Morgan fingerprint density at radius 3 is 2.13 bits per heavy atom. The van der Waals surface area contributed by atoms with Crippen LogP contribution in [0.3, 0.4) is 0 Å². The summed E-state index contributed by atoms with van der Waals surface area (Å²) in [6, 6.07) is 20.3. The van der Waals surface area contributed by atoms with Gasteiger partial charge >= 0.3 is 11.9 Å². The Balaban J connectivity index is 1.11. The van der Waals surface area contributed by atoms with Crippen molar-refractivity contribution in [3.05, 3.63) is 146 Å². The van der Waals surface area contributed by atoms with Crippen LogP contribution in [0.5, 0.6) is 5.75 Å². The minimum absolute atomic E-state index is 0.0951. The summed E-state index contributed by atoms with van der Waals surface area (Å²) in [7, 11) is 0. The molecule has 12 nitrogen and oxygen atoms in total. The minimum Gasteiger partial charge on any atom is -0.508 e. The lowest BCUT2D eigenvalue weighted by atomic mass is 9.89. The fraction of sp³-hybridized carbons (Fsp3) is 0.0976. The van der Waals surface area contributed by atoms with E-state index in [-0.39, 0.29) is 82.0 Å². The van der Waals surface area contributed by atoms with Crippen LogP contribution in [0.2, 0.25) is 0 Å². The van der Waals surface area contributed by atoms with Gasteiger partial charge < -0.3 is 34.1 Å². The lowest BCUT2D eigenvalue weighted by molar-refractivity contribution is 0.0684. The van der Waals surface area contributed by atoms with Crippen LogP contribution in [0.1, 0.15) is 31.1 Å². The van der Waals surface area contributed by atoms with E-state index in [2.05, 4.69) is 0 Å². The molecule has 14 heteroatoms. The largest absolute Gasteiger partial charge is 0.508 e. The number of amides is 1. The van der Waals surface area contributed by atoms with Crippen molar-refractivity contribution < 1.29 is 42.9 Å². The first kappa shape index (κ1) is 34.7. The zero-order valence-corrected chi connectivity index (χ0v) is 28.5. The highest BCUT2D eigenvalue weighted by atomic mass is 19.1. The second-order valence-corrected chi connectivity index (χ2v) is 13.0. The number of carbonyl (C=O) groups is 3. The number of piperazine rings is 1. The molecule has 1 amide bonds. The number of anilines is 1. The topological polar surface area (TPSA) is 171 Å². The number of phenolic OH excluding ortho intramolecular Hbond substituents is 1. The van der Waals surface area contributed by atoms with Crippen LogP contribution in [-0.4, -0.2) is 68.8 Å². The number of aromatic nitrogens is 1. The van der Waals surface area contributed by atoms with Crippen LogP contribution in [0, 0.1) is 11.6 Å². The van der Waals surface area contributed by atoms with Crippen LogP contribution in [-0.2, 0) is 0 Å². The molecule has 2 aliphatic heterocycles. The molecule has 1 aromatic heterocycles. The van der Waals surface area contributed by atoms with Gasteiger partial charge in [-0.25, -0.2) is 18.4 Å². The molecular weight excluding hydrogens is 716 g/mol. The number of halogens is 2. The molecule has 3 aliphatic rings. The highest BCUT2D eigenvalue weighted by Crippen LogP contribution is 2.42. The normalized spacial score (nSPS) is 13.1. The highest BCUT2D eigenvalue weighted by Gasteiger charge is 2.28. The molecule has 274 valence electrons. The van der Waals surface area contributed by atoms with Crippen LogP contribution < -0.4 is 15.8 Å². The quantitative estimate of drug-likeness (QED) is 0.166. The first-order chi connectivity index (χ1) is 26.4. The summed E-state index contributed by atoms with van der Waals surface area (Å²) in [6.45, 7) is 0.567. The van der Waals surface area contributed by atoms with Crippen molar-refractivity contribution in [3.8, 4) is 33.9 Å². The maximum atomic E-state index is 15.7. The maximum absolute atomic E-state index is 15.7. The second-order valence-electron chi connectivity index (χ2n) is 13.0. The molecule has 0 radical (unpaired) electrons. The van der Waals surface area contributed by atoms with Gasteiger partial charge in [-0.15, -0.1) is 0 Å². The van der Waals surface area contributed by atoms with Crippen molar-refractivity contribution in [2.75, 3.05) is 31.1 Å². The van der Waals surface area contributed by atoms with Gasteiger partial charge in [0.1, 0.15) is 34.3 Å². The van der Waals surface area contributed by atoms with Crippen LogP contribution in [0.25, 0.3) is 50.0 Å². The van der Waals surface area contributed by atoms with E-state index < -0.39 is 40.5 Å². The van der Waals surface area contributed by atoms with Crippen molar-refractivity contribution in [2.24, 2.45) is 0 Å². The Morgan fingerprint density at radius 2 is 1.42 bits per heavy atom. The number of carboxylic acid groups (broad SMARTS) is 2. The van der Waals surface area contributed by atoms with Crippen molar-refractivity contribution in [1.82, 2.24) is 9.47 Å². The average Bonchev–Trinajstić information content (AvgIpc) is 3.17. The standard InChI is InChI=1S/C41H27F2N3O9/c42-22-2-4-23(5-3-22)46-20-31(41(53)54)38(49)30-18-32(43)34(19-33(30)46)44-11-13-45(14-12-44)39(50)21-1-8-26(29(15-21)40(51)52)37-27-9-6-24(47)16-35(27)55-36-17-25(48)7-10-28(36)37/h1-10,15-20,47H,11-14H2,(H,51,52)(H,53,54). The molecule has 4 aromatic carbocycles. The fourth-order valence-corrected chi connectivity index (χ4v) is 7.10. The SMILES string of the molecule is O=C(O)c1cc(C(=O)N2CCN(c3cc4c(cc3F)c(=O)c(C(=O)O)cn4-c3ccc(F)cc3)CC2)ccc1-c1c2ccc(=O)cc-2oc2cc(O)ccc12. The van der Waals surface area contributed by atoms with E-state index in [0.29, 0.717) is 22.2 Å². The van der Waals surface area contributed by atoms with Crippen molar-refractivity contribution in [2.45, 2.75) is 0 Å². The number of hydrogen-bond acceptors (Lipinski definition) is 8. The van der Waals surface area contributed by atoms with Gasteiger partial charge in [-0.05, 0) is 78.4 Å². The van der Waals surface area contributed by atoms with Gasteiger partial charge in [-0.1, -0.05) is 6.07 Å². The summed E-state index contributed by atoms with van der Waals surface area (Å²) in [5.41, 5.74) is 0.0968. The average molecular weight is 744 g/mol. The number of benzene rings is 5. The Bertz CT molecular complexity index is 2840. The lowest BCUT2D eigenvalue weighted by Gasteiger charge is -2.36. The molecule has 1 fully saturated rings. The Hall–Kier alpha value is -7.35. The van der Waals surface area contributed by atoms with Gasteiger partial charge in [0.15, 0.2) is 5.43 Å². The molecule has 1 aliphatic carbocycles. The monoisotopic (exact) mass is 743 g/mol. The molecule has 0 spiro atoms. The van der Waals surface area contributed by atoms with E-state index in [0.717, 1.165) is 12.3 Å². The number of hydrogen-bond donors (Lipinski definition) is 3. The van der Waals surface area contributed by atoms with Gasteiger partial charge in [-0.3, -0.25) is 14.4 Å². The third-order valence-corrected chi connectivity index (χ3v) is 9.76. The maximum Gasteiger partial charge on any atom is 0.341 e. The molecule has 0 bridgehead atoms. The summed E-state index contributed by atoms with van der Waals surface area (Å²) in [5, 5.41) is 30.4. The number of nitrogens with zero attached hydrogens (tertiary/aromatic N) is 3. The third kappa shape index (κ3) is 6.08. The highest BCUT2D eigenvalue weighted by molar-refractivity contribution is 6.09. The Kier molecular flexibility index (Phi) is 8.37. The summed E-state index contributed by atoms with van der Waals surface area (Å²) in [5.74, 6) is -4.50. The van der Waals surface area contributed by atoms with Gasteiger partial charge in [-0.2, -0.15) is 0 Å². The summed E-state index contributed by atoms with van der Waals surface area (Å²) < 4.78 is 36.7. The number of fused-ring (bicyclic) bond motifs is 3. The first-order valence-corrected chi connectivity index (χ1v) is 16.9. The predicted molar refractivity (Wildman–Crippen MR) is 198 cm³/mol.